The van der Waals surface area contributed by atoms with Crippen molar-refractivity contribution in [1.82, 2.24) is 19.4 Å². The van der Waals surface area contributed by atoms with Gasteiger partial charge >= 0.3 is 6.09 Å². The molecule has 2 saturated heterocycles. The van der Waals surface area contributed by atoms with Gasteiger partial charge in [0, 0.05) is 50.2 Å². The number of rotatable bonds is 7. The van der Waals surface area contributed by atoms with Gasteiger partial charge in [0.1, 0.15) is 5.60 Å². The molecule has 0 aliphatic carbocycles. The SMILES string of the molecule is CC(C)(C)OC(=O)N1CCN(C(=O)c2ncn(C3CCCN(c4ccc(S(C)(=O)=O)cc4)C3)c2-c2ccccc2)[C@H](Cc2ccccc2)C1. The van der Waals surface area contributed by atoms with Crippen molar-refractivity contribution in [3.05, 3.63) is 103 Å². The van der Waals surface area contributed by atoms with Crippen molar-refractivity contribution in [2.45, 2.75) is 62.6 Å². The van der Waals surface area contributed by atoms with Crippen molar-refractivity contribution in [2.75, 3.05) is 43.9 Å². The first-order chi connectivity index (χ1) is 23.4. The van der Waals surface area contributed by atoms with Gasteiger partial charge in [0.25, 0.3) is 5.91 Å². The predicted octanol–water partition coefficient (Wildman–Crippen LogP) is 6.10. The molecule has 6 rings (SSSR count). The van der Waals surface area contributed by atoms with Gasteiger partial charge in [0.05, 0.1) is 29.0 Å². The smallest absolute Gasteiger partial charge is 0.410 e. The van der Waals surface area contributed by atoms with Crippen LogP contribution in [0.2, 0.25) is 0 Å². The number of benzene rings is 3. The molecule has 258 valence electrons. The fourth-order valence-electron chi connectivity index (χ4n) is 6.81. The van der Waals surface area contributed by atoms with E-state index < -0.39 is 15.4 Å². The van der Waals surface area contributed by atoms with Crippen LogP contribution < -0.4 is 4.90 Å². The van der Waals surface area contributed by atoms with Crippen LogP contribution in [-0.4, -0.2) is 90.4 Å². The van der Waals surface area contributed by atoms with E-state index in [-0.39, 0.29) is 24.1 Å². The molecular formula is C38H45N5O5S. The van der Waals surface area contributed by atoms with E-state index in [1.807, 2.05) is 98.5 Å². The molecular weight excluding hydrogens is 639 g/mol. The van der Waals surface area contributed by atoms with Crippen LogP contribution in [0.25, 0.3) is 11.3 Å². The number of anilines is 1. The van der Waals surface area contributed by atoms with Gasteiger partial charge in [-0.3, -0.25) is 4.79 Å². The number of imidazole rings is 1. The first-order valence-electron chi connectivity index (χ1n) is 16.9. The van der Waals surface area contributed by atoms with Crippen LogP contribution in [0.5, 0.6) is 0 Å². The second-order valence-corrected chi connectivity index (χ2v) is 16.0. The van der Waals surface area contributed by atoms with Gasteiger partial charge in [-0.2, -0.15) is 0 Å². The highest BCUT2D eigenvalue weighted by Gasteiger charge is 2.37. The number of carbonyl (C=O) groups excluding carboxylic acids is 2. The van der Waals surface area contributed by atoms with Crippen molar-refractivity contribution in [2.24, 2.45) is 0 Å². The van der Waals surface area contributed by atoms with E-state index in [4.69, 9.17) is 9.72 Å². The summed E-state index contributed by atoms with van der Waals surface area (Å²) in [4.78, 5) is 38.7. The highest BCUT2D eigenvalue weighted by atomic mass is 32.2. The Morgan fingerprint density at radius 1 is 0.878 bits per heavy atom. The number of ether oxygens (including phenoxy) is 1. The van der Waals surface area contributed by atoms with Gasteiger partial charge in [-0.05, 0) is 69.9 Å². The van der Waals surface area contributed by atoms with Crippen molar-refractivity contribution in [3.63, 3.8) is 0 Å². The minimum Gasteiger partial charge on any atom is -0.444 e. The van der Waals surface area contributed by atoms with Crippen LogP contribution in [0.15, 0.2) is 96.2 Å². The van der Waals surface area contributed by atoms with E-state index >= 15 is 0 Å². The summed E-state index contributed by atoms with van der Waals surface area (Å²) in [6.45, 7) is 8.18. The molecule has 0 spiro atoms. The molecule has 0 N–H and O–H groups in total. The molecule has 0 bridgehead atoms. The van der Waals surface area contributed by atoms with E-state index in [9.17, 15) is 18.0 Å². The number of carbonyl (C=O) groups is 2. The molecule has 2 amide bonds. The summed E-state index contributed by atoms with van der Waals surface area (Å²) in [5.41, 5.74) is 3.50. The normalized spacial score (nSPS) is 18.7. The van der Waals surface area contributed by atoms with Crippen LogP contribution in [0.3, 0.4) is 0 Å². The summed E-state index contributed by atoms with van der Waals surface area (Å²) in [6.07, 6.45) is 5.06. The fraction of sp³-hybridized carbons (Fsp3) is 0.395. The van der Waals surface area contributed by atoms with Gasteiger partial charge < -0.3 is 24.0 Å². The Kier molecular flexibility index (Phi) is 9.83. The highest BCUT2D eigenvalue weighted by Crippen LogP contribution is 2.34. The predicted molar refractivity (Wildman–Crippen MR) is 190 cm³/mol. The summed E-state index contributed by atoms with van der Waals surface area (Å²) < 4.78 is 31.9. The number of sulfone groups is 1. The van der Waals surface area contributed by atoms with Crippen LogP contribution >= 0.6 is 0 Å². The molecule has 10 nitrogen and oxygen atoms in total. The zero-order valence-corrected chi connectivity index (χ0v) is 29.5. The maximum atomic E-state index is 14.7. The van der Waals surface area contributed by atoms with E-state index in [0.717, 1.165) is 41.9 Å². The lowest BCUT2D eigenvalue weighted by atomic mass is 10.00. The van der Waals surface area contributed by atoms with E-state index in [1.165, 1.54) is 6.26 Å². The molecule has 3 heterocycles. The number of hydrogen-bond acceptors (Lipinski definition) is 7. The van der Waals surface area contributed by atoms with Gasteiger partial charge in [-0.1, -0.05) is 60.7 Å². The molecule has 3 aromatic carbocycles. The van der Waals surface area contributed by atoms with Crippen LogP contribution in [0.1, 0.15) is 55.7 Å². The largest absolute Gasteiger partial charge is 0.444 e. The number of nitrogens with zero attached hydrogens (tertiary/aromatic N) is 5. The van der Waals surface area contributed by atoms with Crippen LogP contribution in [-0.2, 0) is 21.0 Å². The fourth-order valence-corrected chi connectivity index (χ4v) is 7.44. The average molecular weight is 684 g/mol. The molecule has 2 aliphatic rings. The first-order valence-corrected chi connectivity index (χ1v) is 18.8. The lowest BCUT2D eigenvalue weighted by Crippen LogP contribution is -2.58. The summed E-state index contributed by atoms with van der Waals surface area (Å²) in [6, 6.07) is 26.8. The summed E-state index contributed by atoms with van der Waals surface area (Å²) in [5.74, 6) is -0.161. The maximum Gasteiger partial charge on any atom is 0.410 e. The third-order valence-corrected chi connectivity index (χ3v) is 10.3. The molecule has 1 aromatic heterocycles. The Bertz CT molecular complexity index is 1870. The minimum absolute atomic E-state index is 0.0386. The Morgan fingerprint density at radius 3 is 2.20 bits per heavy atom. The second-order valence-electron chi connectivity index (χ2n) is 14.0. The van der Waals surface area contributed by atoms with Crippen molar-refractivity contribution in [3.8, 4) is 11.3 Å². The van der Waals surface area contributed by atoms with Crippen LogP contribution in [0.4, 0.5) is 10.5 Å². The zero-order chi connectivity index (χ0) is 34.8. The third kappa shape index (κ3) is 7.99. The molecule has 1 unspecified atom stereocenters. The average Bonchev–Trinajstić information content (AvgIpc) is 3.53. The van der Waals surface area contributed by atoms with Crippen molar-refractivity contribution >= 4 is 27.5 Å². The number of hydrogen-bond donors (Lipinski definition) is 0. The van der Waals surface area contributed by atoms with Crippen LogP contribution in [0, 0.1) is 0 Å². The third-order valence-electron chi connectivity index (χ3n) is 9.17. The lowest BCUT2D eigenvalue weighted by Gasteiger charge is -2.41. The Labute approximate surface area is 289 Å². The number of aromatic nitrogens is 2. The van der Waals surface area contributed by atoms with Gasteiger partial charge in [0.2, 0.25) is 0 Å². The standard InChI is InChI=1S/C38H45N5O5S/c1-38(2,3)48-37(45)41-22-23-42(32(26-41)24-28-12-7-5-8-13-28)36(44)34-35(29-14-9-6-10-15-29)43(27-39-34)31-16-11-21-40(25-31)30-17-19-33(20-18-30)49(4,46)47/h5-10,12-15,17-20,27,31-32H,11,16,21-26H2,1-4H3/t31?,32-/m1/s1. The molecule has 11 heteroatoms. The van der Waals surface area contributed by atoms with Gasteiger partial charge in [-0.15, -0.1) is 0 Å². The quantitative estimate of drug-likeness (QED) is 0.232. The lowest BCUT2D eigenvalue weighted by molar-refractivity contribution is 0.00429. The Balaban J connectivity index is 1.31. The molecule has 0 radical (unpaired) electrons. The molecule has 4 aromatic rings. The molecule has 2 aliphatic heterocycles. The highest BCUT2D eigenvalue weighted by molar-refractivity contribution is 7.90. The topological polar surface area (TPSA) is 105 Å². The maximum absolute atomic E-state index is 14.7. The molecule has 0 saturated carbocycles. The number of piperazine rings is 1. The summed E-state index contributed by atoms with van der Waals surface area (Å²) in [5, 5.41) is 0. The number of amides is 2. The van der Waals surface area contributed by atoms with Crippen molar-refractivity contribution < 1.29 is 22.7 Å². The van der Waals surface area contributed by atoms with E-state index in [0.29, 0.717) is 43.2 Å². The van der Waals surface area contributed by atoms with Gasteiger partial charge in [-0.25, -0.2) is 18.2 Å². The Hall–Kier alpha value is -4.64. The number of piperidine rings is 1. The Morgan fingerprint density at radius 2 is 1.55 bits per heavy atom. The minimum atomic E-state index is -3.28. The summed E-state index contributed by atoms with van der Waals surface area (Å²) in [7, 11) is -3.28. The molecule has 2 atom stereocenters. The first kappa shape index (κ1) is 34.2. The van der Waals surface area contributed by atoms with E-state index in [1.54, 1.807) is 23.4 Å². The molecule has 2 fully saturated rings. The summed E-state index contributed by atoms with van der Waals surface area (Å²) >= 11 is 0. The van der Waals surface area contributed by atoms with Gasteiger partial charge in [0.15, 0.2) is 15.5 Å². The second kappa shape index (κ2) is 14.1. The van der Waals surface area contributed by atoms with E-state index in [2.05, 4.69) is 9.47 Å². The molecule has 49 heavy (non-hydrogen) atoms. The van der Waals surface area contributed by atoms with Crippen molar-refractivity contribution in [1.29, 1.82) is 0 Å². The zero-order valence-electron chi connectivity index (χ0n) is 28.7. The monoisotopic (exact) mass is 683 g/mol.